The van der Waals surface area contributed by atoms with Crippen molar-refractivity contribution in [1.82, 2.24) is 0 Å². The van der Waals surface area contributed by atoms with Crippen LogP contribution in [-0.2, 0) is 11.2 Å². The van der Waals surface area contributed by atoms with Crippen molar-refractivity contribution in [2.45, 2.75) is 25.3 Å². The summed E-state index contributed by atoms with van der Waals surface area (Å²) in [4.78, 5) is 11.5. The molecule has 0 bridgehead atoms. The molecule has 0 saturated carbocycles. The molecule has 0 saturated heterocycles. The van der Waals surface area contributed by atoms with Crippen molar-refractivity contribution in [3.8, 4) is 0 Å². The number of carbonyl (C=O) groups is 1. The molecule has 0 radical (unpaired) electrons. The van der Waals surface area contributed by atoms with E-state index in [1.54, 1.807) is 0 Å². The molecule has 0 aromatic heterocycles. The van der Waals surface area contributed by atoms with Gasteiger partial charge >= 0.3 is 0 Å². The third-order valence-corrected chi connectivity index (χ3v) is 2.45. The second kappa shape index (κ2) is 3.10. The summed E-state index contributed by atoms with van der Waals surface area (Å²) in [6.45, 7) is 1.91. The van der Waals surface area contributed by atoms with Crippen LogP contribution in [0.2, 0.25) is 0 Å². The van der Waals surface area contributed by atoms with Gasteiger partial charge in [0.15, 0.2) is 0 Å². The number of nitrogens with one attached hydrogen (secondary N) is 1. The lowest BCUT2D eigenvalue weighted by Gasteiger charge is -2.20. The summed E-state index contributed by atoms with van der Waals surface area (Å²) in [5.74, 6) is -0.0000463. The first-order valence-electron chi connectivity index (χ1n) is 4.73. The van der Waals surface area contributed by atoms with Crippen molar-refractivity contribution in [2.75, 3.05) is 5.32 Å². The number of hydrogen-bond acceptors (Lipinski definition) is 2. The SMILES string of the molecule is CC1(N)CC(=O)Nc2ccccc2C1. The maximum absolute atomic E-state index is 11.5. The van der Waals surface area contributed by atoms with Crippen molar-refractivity contribution in [3.05, 3.63) is 29.8 Å². The predicted octanol–water partition coefficient (Wildman–Crippen LogP) is 1.29. The number of para-hydroxylation sites is 1. The van der Waals surface area contributed by atoms with Crippen LogP contribution in [0.3, 0.4) is 0 Å². The van der Waals surface area contributed by atoms with Crippen LogP contribution in [0.4, 0.5) is 5.69 Å². The monoisotopic (exact) mass is 190 g/mol. The molecule has 0 spiro atoms. The van der Waals surface area contributed by atoms with Crippen LogP contribution in [0.1, 0.15) is 18.9 Å². The van der Waals surface area contributed by atoms with Gasteiger partial charge in [0.2, 0.25) is 5.91 Å². The molecule has 1 aliphatic heterocycles. The van der Waals surface area contributed by atoms with Crippen LogP contribution < -0.4 is 11.1 Å². The minimum absolute atomic E-state index is 0.0000463. The van der Waals surface area contributed by atoms with Crippen LogP contribution in [0.15, 0.2) is 24.3 Å². The van der Waals surface area contributed by atoms with E-state index in [1.807, 2.05) is 31.2 Å². The zero-order chi connectivity index (χ0) is 10.2. The average molecular weight is 190 g/mol. The van der Waals surface area contributed by atoms with Crippen LogP contribution in [0.5, 0.6) is 0 Å². The van der Waals surface area contributed by atoms with Crippen LogP contribution in [0.25, 0.3) is 0 Å². The average Bonchev–Trinajstić information content (AvgIpc) is 2.16. The second-order valence-electron chi connectivity index (χ2n) is 4.21. The van der Waals surface area contributed by atoms with Gasteiger partial charge < -0.3 is 11.1 Å². The summed E-state index contributed by atoms with van der Waals surface area (Å²) in [6.07, 6.45) is 1.11. The molecule has 1 aliphatic rings. The number of nitrogens with two attached hydrogens (primary N) is 1. The topological polar surface area (TPSA) is 55.1 Å². The van der Waals surface area contributed by atoms with Crippen LogP contribution >= 0.6 is 0 Å². The van der Waals surface area contributed by atoms with Gasteiger partial charge in [-0.25, -0.2) is 0 Å². The quantitative estimate of drug-likeness (QED) is 0.647. The first-order chi connectivity index (χ1) is 6.57. The van der Waals surface area contributed by atoms with E-state index in [2.05, 4.69) is 5.32 Å². The Hall–Kier alpha value is -1.35. The molecule has 1 aromatic carbocycles. The minimum atomic E-state index is -0.434. The van der Waals surface area contributed by atoms with Gasteiger partial charge in [-0.2, -0.15) is 0 Å². The van der Waals surface area contributed by atoms with E-state index < -0.39 is 5.54 Å². The largest absolute Gasteiger partial charge is 0.326 e. The van der Waals surface area contributed by atoms with Gasteiger partial charge in [0.1, 0.15) is 0 Å². The molecule has 1 aromatic rings. The van der Waals surface area contributed by atoms with Gasteiger partial charge in [-0.3, -0.25) is 4.79 Å². The molecule has 1 atom stereocenters. The summed E-state index contributed by atoms with van der Waals surface area (Å²) < 4.78 is 0. The highest BCUT2D eigenvalue weighted by molar-refractivity contribution is 5.93. The van der Waals surface area contributed by atoms with Crippen LogP contribution in [-0.4, -0.2) is 11.4 Å². The Labute approximate surface area is 83.3 Å². The van der Waals surface area contributed by atoms with Gasteiger partial charge in [-0.05, 0) is 25.0 Å². The molecule has 3 nitrogen and oxygen atoms in total. The van der Waals surface area contributed by atoms with E-state index in [0.717, 1.165) is 17.7 Å². The second-order valence-corrected chi connectivity index (χ2v) is 4.21. The Morgan fingerprint density at radius 2 is 2.07 bits per heavy atom. The normalized spacial score (nSPS) is 26.3. The predicted molar refractivity (Wildman–Crippen MR) is 56.0 cm³/mol. The number of hydrogen-bond donors (Lipinski definition) is 2. The third kappa shape index (κ3) is 1.77. The van der Waals surface area contributed by atoms with E-state index in [1.165, 1.54) is 0 Å². The summed E-state index contributed by atoms with van der Waals surface area (Å²) >= 11 is 0. The van der Waals surface area contributed by atoms with Gasteiger partial charge in [-0.1, -0.05) is 18.2 Å². The van der Waals surface area contributed by atoms with Gasteiger partial charge in [0.05, 0.1) is 0 Å². The number of anilines is 1. The van der Waals surface area contributed by atoms with E-state index >= 15 is 0 Å². The number of fused-ring (bicyclic) bond motifs is 1. The fourth-order valence-corrected chi connectivity index (χ4v) is 1.86. The van der Waals surface area contributed by atoms with Crippen molar-refractivity contribution >= 4 is 11.6 Å². The third-order valence-electron chi connectivity index (χ3n) is 2.45. The van der Waals surface area contributed by atoms with E-state index in [0.29, 0.717) is 6.42 Å². The molecule has 14 heavy (non-hydrogen) atoms. The maximum atomic E-state index is 11.5. The Bertz CT molecular complexity index is 371. The van der Waals surface area contributed by atoms with Crippen molar-refractivity contribution in [1.29, 1.82) is 0 Å². The summed E-state index contributed by atoms with van der Waals surface area (Å²) in [5.41, 5.74) is 7.60. The standard InChI is InChI=1S/C11H14N2O/c1-11(12)6-8-4-2-3-5-9(8)13-10(14)7-11/h2-5H,6-7,12H2,1H3,(H,13,14). The van der Waals surface area contributed by atoms with Crippen molar-refractivity contribution in [3.63, 3.8) is 0 Å². The highest BCUT2D eigenvalue weighted by Gasteiger charge is 2.27. The van der Waals surface area contributed by atoms with Crippen molar-refractivity contribution in [2.24, 2.45) is 5.73 Å². The Balaban J connectivity index is 2.42. The van der Waals surface area contributed by atoms with E-state index in [9.17, 15) is 4.79 Å². The molecular formula is C11H14N2O. The molecule has 0 aliphatic carbocycles. The summed E-state index contributed by atoms with van der Waals surface area (Å²) in [5, 5.41) is 2.86. The van der Waals surface area contributed by atoms with E-state index in [-0.39, 0.29) is 5.91 Å². The number of benzene rings is 1. The number of carbonyl (C=O) groups excluding carboxylic acids is 1. The zero-order valence-electron chi connectivity index (χ0n) is 8.21. The highest BCUT2D eigenvalue weighted by atomic mass is 16.1. The Kier molecular flexibility index (Phi) is 2.04. The van der Waals surface area contributed by atoms with Crippen LogP contribution in [0, 0.1) is 0 Å². The minimum Gasteiger partial charge on any atom is -0.326 e. The highest BCUT2D eigenvalue weighted by Crippen LogP contribution is 2.25. The van der Waals surface area contributed by atoms with Gasteiger partial charge in [-0.15, -0.1) is 0 Å². The molecule has 74 valence electrons. The molecule has 0 fully saturated rings. The molecule has 3 heteroatoms. The first-order valence-corrected chi connectivity index (χ1v) is 4.73. The van der Waals surface area contributed by atoms with E-state index in [4.69, 9.17) is 5.73 Å². The van der Waals surface area contributed by atoms with Gasteiger partial charge in [0.25, 0.3) is 0 Å². The molecule has 3 N–H and O–H groups in total. The zero-order valence-corrected chi connectivity index (χ0v) is 8.21. The Morgan fingerprint density at radius 3 is 2.86 bits per heavy atom. The molecule has 1 unspecified atom stereocenters. The lowest BCUT2D eigenvalue weighted by Crippen LogP contribution is -2.40. The van der Waals surface area contributed by atoms with Crippen molar-refractivity contribution < 1.29 is 4.79 Å². The Morgan fingerprint density at radius 1 is 1.36 bits per heavy atom. The molecule has 1 amide bonds. The first kappa shape index (κ1) is 9.21. The fraction of sp³-hybridized carbons (Fsp3) is 0.364. The number of amides is 1. The lowest BCUT2D eigenvalue weighted by atomic mass is 9.91. The lowest BCUT2D eigenvalue weighted by molar-refractivity contribution is -0.117. The molecule has 1 heterocycles. The summed E-state index contributed by atoms with van der Waals surface area (Å²) in [6, 6.07) is 7.80. The number of rotatable bonds is 0. The maximum Gasteiger partial charge on any atom is 0.226 e. The molecule has 2 rings (SSSR count). The smallest absolute Gasteiger partial charge is 0.226 e. The summed E-state index contributed by atoms with van der Waals surface area (Å²) in [7, 11) is 0. The fourth-order valence-electron chi connectivity index (χ4n) is 1.86. The van der Waals surface area contributed by atoms with Gasteiger partial charge in [0, 0.05) is 17.6 Å². The molecular weight excluding hydrogens is 176 g/mol.